The average molecular weight is 669 g/mol. The summed E-state index contributed by atoms with van der Waals surface area (Å²) in [7, 11) is 0. The molecule has 1 aromatic heterocycles. The van der Waals surface area contributed by atoms with Crippen molar-refractivity contribution in [2.24, 2.45) is 0 Å². The van der Waals surface area contributed by atoms with E-state index in [1.54, 1.807) is 0 Å². The maximum atomic E-state index is 12.9. The van der Waals surface area contributed by atoms with E-state index in [9.17, 15) is 60.7 Å². The molecule has 256 valence electrons. The first kappa shape index (κ1) is 34.1. The summed E-state index contributed by atoms with van der Waals surface area (Å²) in [6, 6.07) is 5.25. The first-order valence-corrected chi connectivity index (χ1v) is 14.0. The first-order valence-electron chi connectivity index (χ1n) is 14.0. The number of phenols is 4. The highest BCUT2D eigenvalue weighted by Crippen LogP contribution is 2.42. The van der Waals surface area contributed by atoms with E-state index >= 15 is 0 Å². The summed E-state index contributed by atoms with van der Waals surface area (Å²) in [5, 5.41) is 103. The van der Waals surface area contributed by atoms with Crippen molar-refractivity contribution in [2.45, 2.75) is 68.3 Å². The normalized spacial score (nSPS) is 31.0. The topological polar surface area (TPSA) is 296 Å². The number of benzene rings is 2. The third-order valence-corrected chi connectivity index (χ3v) is 7.66. The highest BCUT2D eigenvalue weighted by Gasteiger charge is 2.51. The van der Waals surface area contributed by atoms with E-state index in [2.05, 4.69) is 0 Å². The maximum absolute atomic E-state index is 12.9. The van der Waals surface area contributed by atoms with Crippen LogP contribution in [-0.4, -0.2) is 132 Å². The van der Waals surface area contributed by atoms with Crippen LogP contribution in [0, 0.1) is 0 Å². The van der Waals surface area contributed by atoms with Crippen LogP contribution in [0.3, 0.4) is 0 Å². The molecule has 2 aromatic carbocycles. The Labute approximate surface area is 263 Å². The van der Waals surface area contributed by atoms with Gasteiger partial charge in [0.05, 0.1) is 6.61 Å². The predicted octanol–water partition coefficient (Wildman–Crippen LogP) is -2.14. The van der Waals surface area contributed by atoms with E-state index in [1.807, 2.05) is 0 Å². The minimum absolute atomic E-state index is 0.0989. The molecule has 4 unspecified atom stereocenters. The van der Waals surface area contributed by atoms with Crippen LogP contribution >= 0.6 is 0 Å². The molecule has 3 heterocycles. The fraction of sp³-hybridized carbons (Fsp3) is 0.448. The van der Waals surface area contributed by atoms with Crippen LogP contribution in [0.1, 0.15) is 6.92 Å². The number of rotatable bonds is 8. The molecule has 2 aliphatic rings. The molecule has 0 radical (unpaired) electrons. The van der Waals surface area contributed by atoms with Gasteiger partial charge in [-0.1, -0.05) is 0 Å². The molecule has 5 rings (SSSR count). The lowest BCUT2D eigenvalue weighted by molar-refractivity contribution is -0.358. The Balaban J connectivity index is 1.50. The Bertz CT molecular complexity index is 1670. The first-order chi connectivity index (χ1) is 22.2. The third kappa shape index (κ3) is 6.63. The van der Waals surface area contributed by atoms with E-state index in [4.69, 9.17) is 28.1 Å². The number of aromatic hydroxyl groups is 4. The van der Waals surface area contributed by atoms with E-state index in [1.165, 1.54) is 6.07 Å². The van der Waals surface area contributed by atoms with Gasteiger partial charge in [-0.05, 0) is 18.2 Å². The van der Waals surface area contributed by atoms with Gasteiger partial charge in [-0.3, -0.25) is 9.59 Å². The lowest BCUT2D eigenvalue weighted by Crippen LogP contribution is -2.65. The van der Waals surface area contributed by atoms with Gasteiger partial charge in [0.25, 0.3) is 0 Å². The molecule has 2 saturated heterocycles. The van der Waals surface area contributed by atoms with Crippen molar-refractivity contribution < 1.29 is 84.0 Å². The number of hydrogen-bond donors (Lipinski definition) is 10. The van der Waals surface area contributed by atoms with Gasteiger partial charge in [0, 0.05) is 24.6 Å². The average Bonchev–Trinajstić information content (AvgIpc) is 3.03. The van der Waals surface area contributed by atoms with Gasteiger partial charge in [-0.25, -0.2) is 0 Å². The third-order valence-electron chi connectivity index (χ3n) is 7.66. The SMILES string of the molecule is CC(=O)OCC1O[C@@H](OC2[C@H](Oc3cc(O)c4c(=O)cc(-c5ccc(O)c(O)c5)oc4c3O)OC(CO)[C@@H](O)[C@@H]2O)C(O)[C@@H](O)[C@@H]1O. The second kappa shape index (κ2) is 13.5. The number of hydrogen-bond acceptors (Lipinski definition) is 18. The molecule has 0 amide bonds. The van der Waals surface area contributed by atoms with Gasteiger partial charge in [-0.2, -0.15) is 0 Å². The van der Waals surface area contributed by atoms with Gasteiger partial charge >= 0.3 is 5.97 Å². The summed E-state index contributed by atoms with van der Waals surface area (Å²) in [5.41, 5.74) is -1.32. The van der Waals surface area contributed by atoms with Crippen LogP contribution in [0.5, 0.6) is 28.7 Å². The van der Waals surface area contributed by atoms with Crippen molar-refractivity contribution >= 4 is 16.9 Å². The quantitative estimate of drug-likeness (QED) is 0.0695. The monoisotopic (exact) mass is 668 g/mol. The van der Waals surface area contributed by atoms with Crippen LogP contribution < -0.4 is 10.2 Å². The highest BCUT2D eigenvalue weighted by molar-refractivity contribution is 5.91. The summed E-state index contributed by atoms with van der Waals surface area (Å²) in [6.07, 6.45) is -17.9. The zero-order valence-corrected chi connectivity index (χ0v) is 24.3. The number of fused-ring (bicyclic) bond motifs is 1. The summed E-state index contributed by atoms with van der Waals surface area (Å²) in [6.45, 7) is -0.342. The van der Waals surface area contributed by atoms with Crippen LogP contribution in [-0.2, 0) is 23.7 Å². The van der Waals surface area contributed by atoms with Gasteiger partial charge in [0.2, 0.25) is 12.0 Å². The maximum Gasteiger partial charge on any atom is 0.302 e. The second-order valence-electron chi connectivity index (χ2n) is 10.9. The van der Waals surface area contributed by atoms with E-state index < -0.39 is 126 Å². The van der Waals surface area contributed by atoms with E-state index in [-0.39, 0.29) is 11.3 Å². The lowest BCUT2D eigenvalue weighted by Gasteiger charge is -2.45. The van der Waals surface area contributed by atoms with Crippen molar-refractivity contribution in [2.75, 3.05) is 13.2 Å². The number of esters is 1. The summed E-state index contributed by atoms with van der Waals surface area (Å²) in [5.74, 6) is -4.20. The van der Waals surface area contributed by atoms with Crippen molar-refractivity contribution in [1.82, 2.24) is 0 Å². The van der Waals surface area contributed by atoms with Crippen molar-refractivity contribution in [3.63, 3.8) is 0 Å². The molecule has 3 aromatic rings. The molecule has 10 atom stereocenters. The number of phenolic OH excluding ortho intramolecular Hbond substituents is 4. The summed E-state index contributed by atoms with van der Waals surface area (Å²) >= 11 is 0. The minimum Gasteiger partial charge on any atom is -0.507 e. The molecule has 0 bridgehead atoms. The molecular formula is C29H32O18. The minimum atomic E-state index is -1.97. The van der Waals surface area contributed by atoms with Crippen molar-refractivity contribution in [1.29, 1.82) is 0 Å². The lowest BCUT2D eigenvalue weighted by atomic mass is 9.97. The van der Waals surface area contributed by atoms with Crippen LogP contribution in [0.4, 0.5) is 0 Å². The molecule has 0 aliphatic carbocycles. The van der Waals surface area contributed by atoms with Gasteiger partial charge < -0.3 is 79.2 Å². The van der Waals surface area contributed by atoms with Crippen LogP contribution in [0.15, 0.2) is 39.5 Å². The predicted molar refractivity (Wildman–Crippen MR) is 151 cm³/mol. The Hall–Kier alpha value is -4.24. The largest absolute Gasteiger partial charge is 0.507 e. The van der Waals surface area contributed by atoms with Crippen molar-refractivity contribution in [3.05, 3.63) is 40.6 Å². The molecule has 18 nitrogen and oxygen atoms in total. The Morgan fingerprint density at radius 1 is 0.809 bits per heavy atom. The van der Waals surface area contributed by atoms with Gasteiger partial charge in [0.1, 0.15) is 66.2 Å². The molecule has 0 spiro atoms. The second-order valence-corrected chi connectivity index (χ2v) is 10.9. The van der Waals surface area contributed by atoms with Gasteiger partial charge in [-0.15, -0.1) is 0 Å². The van der Waals surface area contributed by atoms with Gasteiger partial charge in [0.15, 0.2) is 40.7 Å². The van der Waals surface area contributed by atoms with E-state index in [0.29, 0.717) is 0 Å². The molecule has 10 N–H and O–H groups in total. The molecular weight excluding hydrogens is 636 g/mol. The Morgan fingerprint density at radius 2 is 1.49 bits per heavy atom. The Kier molecular flexibility index (Phi) is 9.78. The number of carbonyl (C=O) groups excluding carboxylic acids is 1. The zero-order chi connectivity index (χ0) is 34.3. The molecule has 0 saturated carbocycles. The molecule has 2 fully saturated rings. The molecule has 47 heavy (non-hydrogen) atoms. The highest BCUT2D eigenvalue weighted by atomic mass is 16.8. The number of carbonyl (C=O) groups is 1. The molecule has 2 aliphatic heterocycles. The van der Waals surface area contributed by atoms with Crippen LogP contribution in [0.25, 0.3) is 22.3 Å². The van der Waals surface area contributed by atoms with Crippen LogP contribution in [0.2, 0.25) is 0 Å². The van der Waals surface area contributed by atoms with Crippen molar-refractivity contribution in [3.8, 4) is 40.1 Å². The van der Waals surface area contributed by atoms with E-state index in [0.717, 1.165) is 31.2 Å². The number of aliphatic hydroxyl groups excluding tert-OH is 6. The summed E-state index contributed by atoms with van der Waals surface area (Å²) < 4.78 is 32.8. The fourth-order valence-electron chi connectivity index (χ4n) is 5.13. The zero-order valence-electron chi connectivity index (χ0n) is 24.3. The fourth-order valence-corrected chi connectivity index (χ4v) is 5.13. The smallest absolute Gasteiger partial charge is 0.302 e. The number of aliphatic hydroxyl groups is 6. The molecule has 18 heteroatoms. The number of ether oxygens (including phenoxy) is 5. The Morgan fingerprint density at radius 3 is 2.15 bits per heavy atom. The summed E-state index contributed by atoms with van der Waals surface area (Å²) in [4.78, 5) is 24.2. The standard InChI is InChI=1S/C29H32O18/c1-9(31)42-8-18-21(37)23(39)25(41)28(46-18)47-27-24(40)20(36)17(7-30)45-29(27)44-16-6-14(35)19-13(34)5-15(43-26(19)22(16)38)10-2-3-11(32)12(33)4-10/h2-6,17-18,20-21,23-25,27-30,32-33,35-41H,7-8H2,1H3/t17?,18?,20-,21-,23+,24+,25?,27?,28+,29-/m1/s1.